The van der Waals surface area contributed by atoms with Gasteiger partial charge in [-0.3, -0.25) is 4.79 Å². The molecule has 3 nitrogen and oxygen atoms in total. The molecule has 13 heavy (non-hydrogen) atoms. The summed E-state index contributed by atoms with van der Waals surface area (Å²) in [6, 6.07) is 5.42. The molecule has 0 spiro atoms. The highest BCUT2D eigenvalue weighted by Crippen LogP contribution is 2.15. The minimum absolute atomic E-state index is 0.0359. The molecule has 0 aromatic heterocycles. The highest BCUT2D eigenvalue weighted by molar-refractivity contribution is 5.71. The normalized spacial score (nSPS) is 9.92. The largest absolute Gasteiger partial charge is 0.481 e. The van der Waals surface area contributed by atoms with Gasteiger partial charge in [0.2, 0.25) is 0 Å². The number of carboxylic acid groups (broad SMARTS) is 1. The summed E-state index contributed by atoms with van der Waals surface area (Å²) in [5.41, 5.74) is 8.21. The van der Waals surface area contributed by atoms with Gasteiger partial charge in [-0.25, -0.2) is 0 Å². The maximum absolute atomic E-state index is 10.4. The Morgan fingerprint density at radius 2 is 2.23 bits per heavy atom. The van der Waals surface area contributed by atoms with Crippen LogP contribution in [-0.4, -0.2) is 11.1 Å². The molecule has 0 amide bonds. The molecule has 3 N–H and O–H groups in total. The summed E-state index contributed by atoms with van der Waals surface area (Å²) in [5.74, 6) is -0.830. The van der Waals surface area contributed by atoms with Crippen LogP contribution in [0.3, 0.4) is 0 Å². The fraction of sp³-hybridized carbons (Fsp3) is 0.300. The zero-order valence-electron chi connectivity index (χ0n) is 7.58. The Morgan fingerprint density at radius 1 is 1.54 bits per heavy atom. The summed E-state index contributed by atoms with van der Waals surface area (Å²) in [7, 11) is 0. The predicted molar refractivity (Wildman–Crippen MR) is 51.6 cm³/mol. The molecule has 0 atom stereocenters. The molecule has 0 saturated carbocycles. The van der Waals surface area contributed by atoms with Gasteiger partial charge in [0.15, 0.2) is 0 Å². The Balaban J connectivity index is 2.89. The second-order valence-corrected chi connectivity index (χ2v) is 2.96. The van der Waals surface area contributed by atoms with Crippen molar-refractivity contribution in [2.75, 3.05) is 5.73 Å². The van der Waals surface area contributed by atoms with E-state index >= 15 is 0 Å². The number of aryl methyl sites for hydroxylation is 1. The average molecular weight is 179 g/mol. The number of carboxylic acids is 1. The highest BCUT2D eigenvalue weighted by atomic mass is 16.4. The molecular formula is C10H13NO2. The predicted octanol–water partition coefficient (Wildman–Crippen LogP) is 1.46. The van der Waals surface area contributed by atoms with Gasteiger partial charge in [-0.2, -0.15) is 0 Å². The molecule has 0 bridgehead atoms. The number of benzene rings is 1. The van der Waals surface area contributed by atoms with E-state index in [4.69, 9.17) is 10.8 Å². The lowest BCUT2D eigenvalue weighted by atomic mass is 10.1. The van der Waals surface area contributed by atoms with Gasteiger partial charge < -0.3 is 10.8 Å². The van der Waals surface area contributed by atoms with E-state index in [1.165, 1.54) is 0 Å². The van der Waals surface area contributed by atoms with Crippen LogP contribution in [0.15, 0.2) is 18.2 Å². The van der Waals surface area contributed by atoms with Crippen LogP contribution < -0.4 is 5.73 Å². The van der Waals surface area contributed by atoms with Crippen LogP contribution in [0.4, 0.5) is 5.69 Å². The Kier molecular flexibility index (Phi) is 2.90. The summed E-state index contributed by atoms with van der Waals surface area (Å²) < 4.78 is 0. The third-order valence-electron chi connectivity index (χ3n) is 1.95. The van der Waals surface area contributed by atoms with E-state index in [-0.39, 0.29) is 6.42 Å². The third-order valence-corrected chi connectivity index (χ3v) is 1.95. The van der Waals surface area contributed by atoms with Gasteiger partial charge in [0.1, 0.15) is 0 Å². The second-order valence-electron chi connectivity index (χ2n) is 2.96. The minimum Gasteiger partial charge on any atom is -0.481 e. The lowest BCUT2D eigenvalue weighted by Gasteiger charge is -2.04. The summed E-state index contributed by atoms with van der Waals surface area (Å²) in [6.45, 7) is 2.02. The summed E-state index contributed by atoms with van der Waals surface area (Å²) in [4.78, 5) is 10.4. The van der Waals surface area contributed by atoms with Crippen LogP contribution in [0.1, 0.15) is 18.1 Å². The molecule has 1 rings (SSSR count). The Bertz CT molecular complexity index is 321. The van der Waals surface area contributed by atoms with Crippen molar-refractivity contribution in [2.24, 2.45) is 0 Å². The van der Waals surface area contributed by atoms with Crippen LogP contribution in [0.25, 0.3) is 0 Å². The van der Waals surface area contributed by atoms with Crippen molar-refractivity contribution in [2.45, 2.75) is 19.8 Å². The van der Waals surface area contributed by atoms with Gasteiger partial charge in [-0.1, -0.05) is 19.1 Å². The van der Waals surface area contributed by atoms with Crippen molar-refractivity contribution in [1.82, 2.24) is 0 Å². The molecule has 0 fully saturated rings. The van der Waals surface area contributed by atoms with Crippen LogP contribution >= 0.6 is 0 Å². The van der Waals surface area contributed by atoms with Gasteiger partial charge >= 0.3 is 5.97 Å². The monoisotopic (exact) mass is 179 g/mol. The fourth-order valence-corrected chi connectivity index (χ4v) is 1.25. The molecule has 1 aromatic carbocycles. The number of nitrogens with two attached hydrogens (primary N) is 1. The first-order chi connectivity index (χ1) is 6.13. The van der Waals surface area contributed by atoms with Crippen molar-refractivity contribution in [3.63, 3.8) is 0 Å². The Hall–Kier alpha value is -1.51. The fourth-order valence-electron chi connectivity index (χ4n) is 1.25. The van der Waals surface area contributed by atoms with Crippen molar-refractivity contribution in [3.8, 4) is 0 Å². The first-order valence-corrected chi connectivity index (χ1v) is 4.22. The van der Waals surface area contributed by atoms with Crippen LogP contribution in [0.2, 0.25) is 0 Å². The number of rotatable bonds is 3. The average Bonchev–Trinajstić information content (AvgIpc) is 2.03. The smallest absolute Gasteiger partial charge is 0.307 e. The maximum Gasteiger partial charge on any atom is 0.307 e. The molecular weight excluding hydrogens is 166 g/mol. The zero-order valence-corrected chi connectivity index (χ0v) is 7.58. The number of nitrogen functional groups attached to an aromatic ring is 1. The number of anilines is 1. The molecule has 0 aliphatic rings. The van der Waals surface area contributed by atoms with E-state index in [9.17, 15) is 4.79 Å². The molecule has 1 aromatic rings. The first kappa shape index (κ1) is 9.58. The lowest BCUT2D eigenvalue weighted by molar-refractivity contribution is -0.136. The van der Waals surface area contributed by atoms with E-state index in [0.29, 0.717) is 5.69 Å². The maximum atomic E-state index is 10.4. The topological polar surface area (TPSA) is 63.3 Å². The number of aliphatic carboxylic acids is 1. The molecule has 0 radical (unpaired) electrons. The second kappa shape index (κ2) is 3.94. The van der Waals surface area contributed by atoms with Crippen molar-refractivity contribution < 1.29 is 9.90 Å². The quantitative estimate of drug-likeness (QED) is 0.690. The van der Waals surface area contributed by atoms with E-state index in [1.54, 1.807) is 6.07 Å². The van der Waals surface area contributed by atoms with E-state index in [2.05, 4.69) is 0 Å². The highest BCUT2D eigenvalue weighted by Gasteiger charge is 2.02. The van der Waals surface area contributed by atoms with Gasteiger partial charge in [0.05, 0.1) is 6.42 Å². The molecule has 0 aliphatic heterocycles. The van der Waals surface area contributed by atoms with E-state index in [1.807, 2.05) is 19.1 Å². The van der Waals surface area contributed by atoms with Crippen LogP contribution in [0.5, 0.6) is 0 Å². The first-order valence-electron chi connectivity index (χ1n) is 4.22. The standard InChI is InChI=1S/C10H13NO2/c1-2-8-4-3-7(5-9(8)11)6-10(12)13/h3-5H,2,6,11H2,1H3,(H,12,13). The van der Waals surface area contributed by atoms with Gasteiger partial charge in [-0.05, 0) is 23.6 Å². The minimum atomic E-state index is -0.830. The zero-order chi connectivity index (χ0) is 9.84. The van der Waals surface area contributed by atoms with Gasteiger partial charge in [0, 0.05) is 5.69 Å². The summed E-state index contributed by atoms with van der Waals surface area (Å²) in [5, 5.41) is 8.54. The van der Waals surface area contributed by atoms with Crippen molar-refractivity contribution in [3.05, 3.63) is 29.3 Å². The summed E-state index contributed by atoms with van der Waals surface area (Å²) >= 11 is 0. The number of hydrogen-bond acceptors (Lipinski definition) is 2. The molecule has 3 heteroatoms. The molecule has 0 aliphatic carbocycles. The number of hydrogen-bond donors (Lipinski definition) is 2. The third kappa shape index (κ3) is 2.47. The number of carbonyl (C=O) groups is 1. The lowest BCUT2D eigenvalue weighted by Crippen LogP contribution is -2.02. The van der Waals surface area contributed by atoms with Crippen molar-refractivity contribution >= 4 is 11.7 Å². The van der Waals surface area contributed by atoms with Gasteiger partial charge in [0.25, 0.3) is 0 Å². The van der Waals surface area contributed by atoms with E-state index in [0.717, 1.165) is 17.5 Å². The van der Waals surface area contributed by atoms with Crippen molar-refractivity contribution in [1.29, 1.82) is 0 Å². The SMILES string of the molecule is CCc1ccc(CC(=O)O)cc1N. The summed E-state index contributed by atoms with van der Waals surface area (Å²) in [6.07, 6.45) is 0.910. The van der Waals surface area contributed by atoms with Crippen LogP contribution in [0, 0.1) is 0 Å². The van der Waals surface area contributed by atoms with Gasteiger partial charge in [-0.15, -0.1) is 0 Å². The van der Waals surface area contributed by atoms with E-state index < -0.39 is 5.97 Å². The molecule has 0 unspecified atom stereocenters. The molecule has 0 heterocycles. The molecule has 0 saturated heterocycles. The van der Waals surface area contributed by atoms with Crippen LogP contribution in [-0.2, 0) is 17.6 Å². The molecule has 70 valence electrons. The Labute approximate surface area is 77.2 Å². The Morgan fingerprint density at radius 3 is 2.69 bits per heavy atom.